The van der Waals surface area contributed by atoms with Crippen LogP contribution in [0, 0.1) is 5.95 Å². The largest absolute Gasteiger partial charge is 0.300 e. The van der Waals surface area contributed by atoms with Crippen LogP contribution in [0.2, 0.25) is 0 Å². The molecule has 136 valence electrons. The van der Waals surface area contributed by atoms with Gasteiger partial charge in [-0.2, -0.15) is 4.39 Å². The highest BCUT2D eigenvalue weighted by molar-refractivity contribution is 7.19. The van der Waals surface area contributed by atoms with Crippen molar-refractivity contribution >= 4 is 21.4 Å². The Morgan fingerprint density at radius 1 is 1.27 bits per heavy atom. The van der Waals surface area contributed by atoms with Gasteiger partial charge in [0.15, 0.2) is 0 Å². The van der Waals surface area contributed by atoms with Gasteiger partial charge in [0.25, 0.3) is 0 Å². The van der Waals surface area contributed by atoms with Crippen molar-refractivity contribution in [3.05, 3.63) is 64.5 Å². The summed E-state index contributed by atoms with van der Waals surface area (Å²) in [6.45, 7) is 4.26. The minimum Gasteiger partial charge on any atom is -0.300 e. The number of hydrogen-bond donors (Lipinski definition) is 0. The summed E-state index contributed by atoms with van der Waals surface area (Å²) in [6.07, 6.45) is 2.30. The van der Waals surface area contributed by atoms with E-state index in [0.29, 0.717) is 18.5 Å². The second-order valence-electron chi connectivity index (χ2n) is 6.98. The third-order valence-corrected chi connectivity index (χ3v) is 6.51. The van der Waals surface area contributed by atoms with Crippen LogP contribution in [-0.2, 0) is 6.42 Å². The lowest BCUT2D eigenvalue weighted by atomic mass is 9.91. The molecule has 0 N–H and O–H groups in total. The van der Waals surface area contributed by atoms with Crippen molar-refractivity contribution in [2.45, 2.75) is 31.9 Å². The number of benzene rings is 1. The molecule has 0 amide bonds. The fourth-order valence-corrected chi connectivity index (χ4v) is 5.19. The summed E-state index contributed by atoms with van der Waals surface area (Å²) in [4.78, 5) is 7.28. The van der Waals surface area contributed by atoms with E-state index in [1.807, 2.05) is 25.1 Å². The average molecular weight is 372 g/mol. The summed E-state index contributed by atoms with van der Waals surface area (Å²) >= 11 is 1.77. The highest BCUT2D eigenvalue weighted by atomic mass is 32.1. The minimum atomic E-state index is -0.694. The first-order valence-corrected chi connectivity index (χ1v) is 9.92. The lowest BCUT2D eigenvalue weighted by Gasteiger charge is -2.17. The summed E-state index contributed by atoms with van der Waals surface area (Å²) in [7, 11) is 0. The second-order valence-corrected chi connectivity index (χ2v) is 8.11. The Kier molecular flexibility index (Phi) is 5.00. The molecule has 2 aromatic heterocycles. The molecule has 3 aromatic rings. The minimum absolute atomic E-state index is 0.0673. The van der Waals surface area contributed by atoms with E-state index >= 15 is 0 Å². The monoisotopic (exact) mass is 372 g/mol. The van der Waals surface area contributed by atoms with Crippen molar-refractivity contribution in [2.24, 2.45) is 0 Å². The predicted octanol–water partition coefficient (Wildman–Crippen LogP) is 5.17. The lowest BCUT2D eigenvalue weighted by molar-refractivity contribution is 0.290. The number of thiophene rings is 1. The van der Waals surface area contributed by atoms with E-state index in [1.54, 1.807) is 17.4 Å². The zero-order valence-corrected chi connectivity index (χ0v) is 15.6. The fourth-order valence-electron chi connectivity index (χ4n) is 3.90. The quantitative estimate of drug-likeness (QED) is 0.574. The van der Waals surface area contributed by atoms with Crippen molar-refractivity contribution in [1.82, 2.24) is 9.88 Å². The van der Waals surface area contributed by atoms with Crippen molar-refractivity contribution in [1.29, 1.82) is 0 Å². The third-order valence-electron chi connectivity index (χ3n) is 5.27. The standard InChI is InChI=1S/C21H22F2N2S/c1-14(16-6-4-10-24-21(16)23)20-17-5-2-3-7-18(17)26-19(20)9-12-25-11-8-15(22)13-25/h2-7,10,14-15H,8-9,11-13H2,1H3/t14?,15-/m0/s1. The molecule has 1 aliphatic heterocycles. The Labute approximate surface area is 156 Å². The van der Waals surface area contributed by atoms with E-state index in [2.05, 4.69) is 22.0 Å². The number of rotatable bonds is 5. The summed E-state index contributed by atoms with van der Waals surface area (Å²) in [5.74, 6) is -0.469. The predicted molar refractivity (Wildman–Crippen MR) is 103 cm³/mol. The molecule has 0 aliphatic carbocycles. The van der Waals surface area contributed by atoms with Crippen LogP contribution in [0.15, 0.2) is 42.6 Å². The maximum absolute atomic E-state index is 14.3. The van der Waals surface area contributed by atoms with Gasteiger partial charge in [-0.1, -0.05) is 31.2 Å². The molecule has 0 bridgehead atoms. The normalized spacial score (nSPS) is 19.3. The van der Waals surface area contributed by atoms with Crippen LogP contribution in [0.5, 0.6) is 0 Å². The van der Waals surface area contributed by atoms with E-state index in [9.17, 15) is 8.78 Å². The molecule has 1 saturated heterocycles. The number of aromatic nitrogens is 1. The molecule has 1 fully saturated rings. The van der Waals surface area contributed by atoms with Crippen LogP contribution in [-0.4, -0.2) is 35.7 Å². The van der Waals surface area contributed by atoms with Crippen LogP contribution in [0.1, 0.15) is 35.3 Å². The number of hydrogen-bond acceptors (Lipinski definition) is 3. The zero-order chi connectivity index (χ0) is 18.1. The third kappa shape index (κ3) is 3.38. The van der Waals surface area contributed by atoms with Gasteiger partial charge in [-0.15, -0.1) is 11.3 Å². The second kappa shape index (κ2) is 7.41. The first-order valence-electron chi connectivity index (χ1n) is 9.10. The summed E-state index contributed by atoms with van der Waals surface area (Å²) < 4.78 is 29.0. The van der Waals surface area contributed by atoms with E-state index in [0.717, 1.165) is 19.5 Å². The molecule has 4 rings (SSSR count). The summed E-state index contributed by atoms with van der Waals surface area (Å²) in [5, 5.41) is 1.19. The molecule has 0 spiro atoms. The van der Waals surface area contributed by atoms with Crippen LogP contribution < -0.4 is 0 Å². The molecule has 2 atom stereocenters. The maximum Gasteiger partial charge on any atom is 0.216 e. The van der Waals surface area contributed by atoms with Crippen molar-refractivity contribution < 1.29 is 8.78 Å². The van der Waals surface area contributed by atoms with E-state index < -0.39 is 12.1 Å². The molecule has 1 unspecified atom stereocenters. The molecule has 1 aliphatic rings. The van der Waals surface area contributed by atoms with Gasteiger partial charge >= 0.3 is 0 Å². The first-order chi connectivity index (χ1) is 12.6. The van der Waals surface area contributed by atoms with Gasteiger partial charge in [0.1, 0.15) is 6.17 Å². The number of pyridine rings is 1. The summed E-state index contributed by atoms with van der Waals surface area (Å²) in [5.41, 5.74) is 1.82. The molecule has 2 nitrogen and oxygen atoms in total. The van der Waals surface area contributed by atoms with Gasteiger partial charge in [0.2, 0.25) is 5.95 Å². The number of fused-ring (bicyclic) bond motifs is 1. The van der Waals surface area contributed by atoms with Crippen LogP contribution >= 0.6 is 11.3 Å². The van der Waals surface area contributed by atoms with Crippen LogP contribution in [0.25, 0.3) is 10.1 Å². The fraction of sp³-hybridized carbons (Fsp3) is 0.381. The van der Waals surface area contributed by atoms with Gasteiger partial charge in [-0.3, -0.25) is 4.90 Å². The van der Waals surface area contributed by atoms with E-state index in [4.69, 9.17) is 0 Å². The Bertz CT molecular complexity index is 908. The molecular formula is C21H22F2N2S. The number of likely N-dealkylation sites (tertiary alicyclic amines) is 1. The molecule has 0 saturated carbocycles. The maximum atomic E-state index is 14.3. The Morgan fingerprint density at radius 2 is 2.12 bits per heavy atom. The number of halogens is 2. The smallest absolute Gasteiger partial charge is 0.216 e. The number of alkyl halides is 1. The Hall–Kier alpha value is -1.85. The van der Waals surface area contributed by atoms with Gasteiger partial charge in [-0.05, 0) is 35.9 Å². The van der Waals surface area contributed by atoms with Gasteiger partial charge in [0, 0.05) is 46.9 Å². The summed E-state index contributed by atoms with van der Waals surface area (Å²) in [6, 6.07) is 11.9. The highest BCUT2D eigenvalue weighted by Gasteiger charge is 2.24. The molecule has 1 aromatic carbocycles. The average Bonchev–Trinajstić information content (AvgIpc) is 3.22. The van der Waals surface area contributed by atoms with Crippen molar-refractivity contribution in [3.8, 4) is 0 Å². The molecule has 26 heavy (non-hydrogen) atoms. The molecule has 0 radical (unpaired) electrons. The SMILES string of the molecule is CC(c1cccnc1F)c1c(CCN2CC[C@H](F)C2)sc2ccccc12. The van der Waals surface area contributed by atoms with Crippen molar-refractivity contribution in [3.63, 3.8) is 0 Å². The first kappa shape index (κ1) is 17.6. The topological polar surface area (TPSA) is 16.1 Å². The van der Waals surface area contributed by atoms with Crippen LogP contribution in [0.4, 0.5) is 8.78 Å². The highest BCUT2D eigenvalue weighted by Crippen LogP contribution is 2.39. The molecule has 5 heteroatoms. The van der Waals surface area contributed by atoms with E-state index in [1.165, 1.54) is 26.7 Å². The van der Waals surface area contributed by atoms with Gasteiger partial charge in [0.05, 0.1) is 0 Å². The Morgan fingerprint density at radius 3 is 2.88 bits per heavy atom. The van der Waals surface area contributed by atoms with Crippen LogP contribution in [0.3, 0.4) is 0 Å². The molecular weight excluding hydrogens is 350 g/mol. The van der Waals surface area contributed by atoms with Crippen molar-refractivity contribution in [2.75, 3.05) is 19.6 Å². The molecule has 3 heterocycles. The van der Waals surface area contributed by atoms with Gasteiger partial charge < -0.3 is 0 Å². The van der Waals surface area contributed by atoms with Gasteiger partial charge in [-0.25, -0.2) is 9.37 Å². The Balaban J connectivity index is 1.68. The number of nitrogens with zero attached hydrogens (tertiary/aromatic N) is 2. The van der Waals surface area contributed by atoms with E-state index in [-0.39, 0.29) is 5.92 Å². The zero-order valence-electron chi connectivity index (χ0n) is 14.8. The lowest BCUT2D eigenvalue weighted by Crippen LogP contribution is -2.23.